The highest BCUT2D eigenvalue weighted by Crippen LogP contribution is 2.09. The van der Waals surface area contributed by atoms with E-state index in [2.05, 4.69) is 14.6 Å². The molecule has 0 N–H and O–H groups in total. The molecule has 8 nitrogen and oxygen atoms in total. The van der Waals surface area contributed by atoms with Gasteiger partial charge in [0.15, 0.2) is 0 Å². The lowest BCUT2D eigenvalue weighted by Crippen LogP contribution is -2.32. The number of carbonyl (C=O) groups excluding carboxylic acids is 3. The van der Waals surface area contributed by atoms with Crippen molar-refractivity contribution in [3.8, 4) is 0 Å². The number of nitrogens with zero attached hydrogens (tertiary/aromatic N) is 1. The van der Waals surface area contributed by atoms with Gasteiger partial charge in [-0.2, -0.15) is 0 Å². The minimum absolute atomic E-state index is 0.685. The summed E-state index contributed by atoms with van der Waals surface area (Å²) >= 11 is 0. The third kappa shape index (κ3) is 6.17. The standard InChI is InChI=1S/C12H19NO7/c1-7(9(14)19-12(2,3)4)20-13-8(10(15)17-5)11(16)18-6/h7H,1-6H3. The maximum absolute atomic E-state index is 11.6. The van der Waals surface area contributed by atoms with Crippen molar-refractivity contribution in [2.45, 2.75) is 39.4 Å². The molecule has 0 aliphatic heterocycles. The molecule has 0 aromatic rings. The number of rotatable bonds is 5. The van der Waals surface area contributed by atoms with Gasteiger partial charge in [-0.3, -0.25) is 0 Å². The fraction of sp³-hybridized carbons (Fsp3) is 0.667. The zero-order valence-electron chi connectivity index (χ0n) is 12.4. The summed E-state index contributed by atoms with van der Waals surface area (Å²) in [5.74, 6) is -2.75. The van der Waals surface area contributed by atoms with E-state index in [0.717, 1.165) is 14.2 Å². The van der Waals surface area contributed by atoms with Crippen molar-refractivity contribution < 1.29 is 33.4 Å². The minimum atomic E-state index is -1.10. The van der Waals surface area contributed by atoms with Crippen LogP contribution < -0.4 is 0 Å². The summed E-state index contributed by atoms with van der Waals surface area (Å²) in [4.78, 5) is 38.9. The largest absolute Gasteiger partial charge is 0.464 e. The highest BCUT2D eigenvalue weighted by atomic mass is 16.7. The van der Waals surface area contributed by atoms with Crippen LogP contribution in [0.5, 0.6) is 0 Å². The average Bonchev–Trinajstić information content (AvgIpc) is 2.35. The molecule has 8 heteroatoms. The third-order valence-corrected chi connectivity index (χ3v) is 1.80. The van der Waals surface area contributed by atoms with Gasteiger partial charge in [-0.15, -0.1) is 0 Å². The molecular weight excluding hydrogens is 270 g/mol. The Morgan fingerprint density at radius 1 is 1.00 bits per heavy atom. The van der Waals surface area contributed by atoms with Crippen LogP contribution in [0, 0.1) is 0 Å². The molecule has 0 radical (unpaired) electrons. The van der Waals surface area contributed by atoms with Crippen LogP contribution >= 0.6 is 0 Å². The van der Waals surface area contributed by atoms with Gasteiger partial charge in [-0.05, 0) is 27.7 Å². The number of oxime groups is 1. The van der Waals surface area contributed by atoms with E-state index in [1.54, 1.807) is 20.8 Å². The number of hydrogen-bond donors (Lipinski definition) is 0. The highest BCUT2D eigenvalue weighted by molar-refractivity contribution is 6.62. The molecule has 0 rings (SSSR count). The molecule has 20 heavy (non-hydrogen) atoms. The van der Waals surface area contributed by atoms with Gasteiger partial charge in [0.25, 0.3) is 5.71 Å². The summed E-state index contributed by atoms with van der Waals surface area (Å²) in [5.41, 5.74) is -1.39. The smallest absolute Gasteiger partial charge is 0.367 e. The van der Waals surface area contributed by atoms with Crippen molar-refractivity contribution >= 4 is 23.6 Å². The first-order valence-electron chi connectivity index (χ1n) is 5.75. The summed E-state index contributed by atoms with van der Waals surface area (Å²) < 4.78 is 13.7. The summed E-state index contributed by atoms with van der Waals surface area (Å²) in [7, 11) is 2.14. The van der Waals surface area contributed by atoms with E-state index in [1.807, 2.05) is 0 Å². The van der Waals surface area contributed by atoms with Crippen LogP contribution in [-0.4, -0.2) is 49.5 Å². The zero-order chi connectivity index (χ0) is 15.9. The van der Waals surface area contributed by atoms with Crippen LogP contribution in [0.1, 0.15) is 27.7 Å². The van der Waals surface area contributed by atoms with E-state index >= 15 is 0 Å². The molecule has 0 heterocycles. The maximum Gasteiger partial charge on any atom is 0.367 e. The lowest BCUT2D eigenvalue weighted by molar-refractivity contribution is -0.167. The van der Waals surface area contributed by atoms with E-state index in [9.17, 15) is 14.4 Å². The van der Waals surface area contributed by atoms with Crippen molar-refractivity contribution in [2.24, 2.45) is 5.16 Å². The molecule has 1 unspecified atom stereocenters. The molecule has 0 bridgehead atoms. The Morgan fingerprint density at radius 3 is 1.80 bits per heavy atom. The number of carbonyl (C=O) groups is 3. The fourth-order valence-electron chi connectivity index (χ4n) is 0.911. The monoisotopic (exact) mass is 289 g/mol. The molecule has 0 aliphatic carbocycles. The van der Waals surface area contributed by atoms with E-state index in [1.165, 1.54) is 6.92 Å². The Labute approximate surface area is 117 Å². The average molecular weight is 289 g/mol. The molecular formula is C12H19NO7. The van der Waals surface area contributed by atoms with Gasteiger partial charge in [0.1, 0.15) is 5.60 Å². The molecule has 0 fully saturated rings. The molecule has 0 saturated heterocycles. The Balaban J connectivity index is 4.82. The van der Waals surface area contributed by atoms with Crippen LogP contribution in [0.3, 0.4) is 0 Å². The lowest BCUT2D eigenvalue weighted by Gasteiger charge is -2.21. The van der Waals surface area contributed by atoms with Gasteiger partial charge < -0.3 is 19.0 Å². The van der Waals surface area contributed by atoms with E-state index < -0.39 is 35.3 Å². The van der Waals surface area contributed by atoms with Crippen molar-refractivity contribution in [1.29, 1.82) is 0 Å². The predicted molar refractivity (Wildman–Crippen MR) is 67.9 cm³/mol. The van der Waals surface area contributed by atoms with Crippen molar-refractivity contribution in [2.75, 3.05) is 14.2 Å². The molecule has 0 spiro atoms. The first-order chi connectivity index (χ1) is 9.12. The second kappa shape index (κ2) is 7.46. The first-order valence-corrected chi connectivity index (χ1v) is 5.75. The molecule has 0 amide bonds. The summed E-state index contributed by atoms with van der Waals surface area (Å²) in [6.07, 6.45) is -1.10. The molecule has 1 atom stereocenters. The zero-order valence-corrected chi connectivity index (χ0v) is 12.4. The van der Waals surface area contributed by atoms with Gasteiger partial charge >= 0.3 is 17.9 Å². The Morgan fingerprint density at radius 2 is 1.45 bits per heavy atom. The van der Waals surface area contributed by atoms with Gasteiger partial charge in [0.2, 0.25) is 6.10 Å². The second-order valence-electron chi connectivity index (χ2n) is 4.70. The molecule has 0 aromatic carbocycles. The Hall–Kier alpha value is -2.12. The number of esters is 3. The van der Waals surface area contributed by atoms with Crippen LogP contribution in [0.4, 0.5) is 0 Å². The quantitative estimate of drug-likeness (QED) is 0.238. The third-order valence-electron chi connectivity index (χ3n) is 1.80. The van der Waals surface area contributed by atoms with Gasteiger partial charge in [0, 0.05) is 0 Å². The van der Waals surface area contributed by atoms with Gasteiger partial charge in [-0.1, -0.05) is 5.16 Å². The number of methoxy groups -OCH3 is 2. The second-order valence-corrected chi connectivity index (χ2v) is 4.70. The predicted octanol–water partition coefficient (Wildman–Crippen LogP) is 0.435. The summed E-state index contributed by atoms with van der Waals surface area (Å²) in [6, 6.07) is 0. The Bertz CT molecular complexity index is 391. The molecule has 0 aliphatic rings. The first kappa shape index (κ1) is 17.9. The normalized spacial score (nSPS) is 11.9. The molecule has 114 valence electrons. The van der Waals surface area contributed by atoms with E-state index in [0.29, 0.717) is 0 Å². The fourth-order valence-corrected chi connectivity index (χ4v) is 0.911. The summed E-state index contributed by atoms with van der Waals surface area (Å²) in [5, 5.41) is 3.28. The van der Waals surface area contributed by atoms with Crippen LogP contribution in [-0.2, 0) is 33.4 Å². The lowest BCUT2D eigenvalue weighted by atomic mass is 10.2. The van der Waals surface area contributed by atoms with Crippen molar-refractivity contribution in [1.82, 2.24) is 0 Å². The van der Waals surface area contributed by atoms with Crippen molar-refractivity contribution in [3.63, 3.8) is 0 Å². The highest BCUT2D eigenvalue weighted by Gasteiger charge is 2.26. The van der Waals surface area contributed by atoms with E-state index in [4.69, 9.17) is 9.57 Å². The SMILES string of the molecule is COC(=O)C(=NOC(C)C(=O)OC(C)(C)C)C(=O)OC. The van der Waals surface area contributed by atoms with Crippen LogP contribution in [0.2, 0.25) is 0 Å². The van der Waals surface area contributed by atoms with E-state index in [-0.39, 0.29) is 0 Å². The molecule has 0 saturated carbocycles. The van der Waals surface area contributed by atoms with Crippen molar-refractivity contribution in [3.05, 3.63) is 0 Å². The number of hydrogen-bond acceptors (Lipinski definition) is 8. The topological polar surface area (TPSA) is 100 Å². The van der Waals surface area contributed by atoms with Gasteiger partial charge in [-0.25, -0.2) is 14.4 Å². The summed E-state index contributed by atoms with van der Waals surface area (Å²) in [6.45, 7) is 6.43. The maximum atomic E-state index is 11.6. The van der Waals surface area contributed by atoms with Crippen LogP contribution in [0.25, 0.3) is 0 Å². The van der Waals surface area contributed by atoms with Gasteiger partial charge in [0.05, 0.1) is 14.2 Å². The molecule has 0 aromatic heterocycles. The minimum Gasteiger partial charge on any atom is -0.464 e. The number of ether oxygens (including phenoxy) is 3. The van der Waals surface area contributed by atoms with Crippen LogP contribution in [0.15, 0.2) is 5.16 Å². The Kier molecular flexibility index (Phi) is 6.67.